The summed E-state index contributed by atoms with van der Waals surface area (Å²) in [5.41, 5.74) is 3.70. The second-order valence-corrected chi connectivity index (χ2v) is 8.89. The summed E-state index contributed by atoms with van der Waals surface area (Å²) in [4.78, 5) is 22.1. The van der Waals surface area contributed by atoms with Crippen LogP contribution in [0.2, 0.25) is 0 Å². The van der Waals surface area contributed by atoms with Gasteiger partial charge in [-0.1, -0.05) is 68.4 Å². The molecule has 2 aromatic rings. The van der Waals surface area contributed by atoms with E-state index in [0.29, 0.717) is 10.8 Å². The van der Waals surface area contributed by atoms with E-state index in [1.165, 1.54) is 22.9 Å². The minimum Gasteiger partial charge on any atom is -0.348 e. The lowest BCUT2D eigenvalue weighted by molar-refractivity contribution is -0.113. The Labute approximate surface area is 189 Å². The van der Waals surface area contributed by atoms with Crippen LogP contribution in [0.1, 0.15) is 36.5 Å². The maximum Gasteiger partial charge on any atom is 0.286 e. The van der Waals surface area contributed by atoms with E-state index < -0.39 is 0 Å². The number of carbonyl (C=O) groups excluding carboxylic acids is 1. The summed E-state index contributed by atoms with van der Waals surface area (Å²) in [7, 11) is 0. The molecule has 6 heteroatoms. The van der Waals surface area contributed by atoms with Crippen LogP contribution in [-0.4, -0.2) is 47.1 Å². The molecule has 4 nitrogen and oxygen atoms in total. The number of rotatable bonds is 4. The van der Waals surface area contributed by atoms with E-state index in [4.69, 9.17) is 0 Å². The van der Waals surface area contributed by atoms with Crippen molar-refractivity contribution in [1.29, 1.82) is 0 Å². The molecule has 1 fully saturated rings. The molecule has 4 rings (SSSR count). The van der Waals surface area contributed by atoms with Crippen molar-refractivity contribution < 1.29 is 4.79 Å². The Balaban J connectivity index is 0.00000256. The topological polar surface area (TPSA) is 35.9 Å². The highest BCUT2D eigenvalue weighted by atomic mass is 35.5. The summed E-state index contributed by atoms with van der Waals surface area (Å²) in [6.45, 7) is 9.12. The number of amides is 1. The summed E-state index contributed by atoms with van der Waals surface area (Å²) in [6, 6.07) is 19.0. The zero-order valence-corrected chi connectivity index (χ0v) is 19.1. The highest BCUT2D eigenvalue weighted by Crippen LogP contribution is 2.31. The van der Waals surface area contributed by atoms with Crippen LogP contribution in [0.5, 0.6) is 0 Å². The third-order valence-corrected chi connectivity index (χ3v) is 6.45. The summed E-state index contributed by atoms with van der Waals surface area (Å²) >= 11 is 1.50. The van der Waals surface area contributed by atoms with E-state index in [1.54, 1.807) is 0 Å². The Morgan fingerprint density at radius 3 is 2.30 bits per heavy atom. The number of halogens is 1. The molecule has 0 spiro atoms. The van der Waals surface area contributed by atoms with E-state index in [1.807, 2.05) is 6.08 Å². The van der Waals surface area contributed by atoms with Crippen molar-refractivity contribution in [3.63, 3.8) is 0 Å². The monoisotopic (exact) mass is 441 g/mol. The summed E-state index contributed by atoms with van der Waals surface area (Å²) in [5, 5.41) is 0.847. The second-order valence-electron chi connectivity index (χ2n) is 7.88. The van der Waals surface area contributed by atoms with Gasteiger partial charge in [0, 0.05) is 32.7 Å². The average Bonchev–Trinajstić information content (AvgIpc) is 3.10. The SMILES string of the molecule is CC(C)c1ccc(C=C2SC(N3CCN(Cc4ccccc4)CC3)=NC2=O)cc1.Cl. The molecular formula is C24H28ClN3OS. The molecule has 0 aliphatic carbocycles. The Morgan fingerprint density at radius 2 is 1.67 bits per heavy atom. The molecule has 0 bridgehead atoms. The van der Waals surface area contributed by atoms with Gasteiger partial charge in [-0.15, -0.1) is 12.4 Å². The van der Waals surface area contributed by atoms with Gasteiger partial charge in [-0.3, -0.25) is 9.69 Å². The third kappa shape index (κ3) is 5.54. The van der Waals surface area contributed by atoms with Gasteiger partial charge in [0.25, 0.3) is 5.91 Å². The minimum absolute atomic E-state index is 0. The molecule has 2 aliphatic rings. The number of amidine groups is 1. The van der Waals surface area contributed by atoms with Crippen LogP contribution in [0, 0.1) is 0 Å². The Bertz CT molecular complexity index is 917. The molecule has 0 radical (unpaired) electrons. The summed E-state index contributed by atoms with van der Waals surface area (Å²) in [6.07, 6.45) is 1.96. The van der Waals surface area contributed by atoms with Gasteiger partial charge in [0.2, 0.25) is 0 Å². The van der Waals surface area contributed by atoms with Crippen LogP contribution in [0.25, 0.3) is 6.08 Å². The Kier molecular flexibility index (Phi) is 7.75. The van der Waals surface area contributed by atoms with Crippen LogP contribution >= 0.6 is 24.2 Å². The number of nitrogens with zero attached hydrogens (tertiary/aromatic N) is 3. The molecule has 2 heterocycles. The van der Waals surface area contributed by atoms with E-state index in [2.05, 4.69) is 83.2 Å². The van der Waals surface area contributed by atoms with Gasteiger partial charge in [0.05, 0.1) is 4.91 Å². The fourth-order valence-electron chi connectivity index (χ4n) is 3.60. The van der Waals surface area contributed by atoms with Crippen LogP contribution in [-0.2, 0) is 11.3 Å². The van der Waals surface area contributed by atoms with Crippen LogP contribution in [0.3, 0.4) is 0 Å². The molecule has 2 aromatic carbocycles. The average molecular weight is 442 g/mol. The highest BCUT2D eigenvalue weighted by molar-refractivity contribution is 8.18. The smallest absolute Gasteiger partial charge is 0.286 e. The standard InChI is InChI=1S/C24H27N3OS.ClH/c1-18(2)21-10-8-19(9-11-21)16-22-23(28)25-24(29-22)27-14-12-26(13-15-27)17-20-6-4-3-5-7-20;/h3-11,16,18H,12-15,17H2,1-2H3;1H. The zero-order valence-electron chi connectivity index (χ0n) is 17.5. The van der Waals surface area contributed by atoms with Crippen LogP contribution in [0.15, 0.2) is 64.5 Å². The Hall–Kier alpha value is -2.08. The maximum absolute atomic E-state index is 12.4. The van der Waals surface area contributed by atoms with Gasteiger partial charge in [0.1, 0.15) is 0 Å². The molecule has 0 aromatic heterocycles. The van der Waals surface area contributed by atoms with E-state index >= 15 is 0 Å². The molecule has 0 saturated carbocycles. The first-order valence-corrected chi connectivity index (χ1v) is 11.0. The van der Waals surface area contributed by atoms with Crippen molar-refractivity contribution in [2.45, 2.75) is 26.3 Å². The van der Waals surface area contributed by atoms with Crippen LogP contribution < -0.4 is 0 Å². The number of piperazine rings is 1. The van der Waals surface area contributed by atoms with Gasteiger partial charge in [-0.05, 0) is 40.4 Å². The molecule has 0 atom stereocenters. The van der Waals surface area contributed by atoms with E-state index in [9.17, 15) is 4.79 Å². The van der Waals surface area contributed by atoms with Gasteiger partial charge in [0.15, 0.2) is 5.17 Å². The lowest BCUT2D eigenvalue weighted by Crippen LogP contribution is -2.47. The largest absolute Gasteiger partial charge is 0.348 e. The summed E-state index contributed by atoms with van der Waals surface area (Å²) < 4.78 is 0. The van der Waals surface area contributed by atoms with Crippen molar-refractivity contribution in [3.8, 4) is 0 Å². The molecule has 1 amide bonds. The van der Waals surface area contributed by atoms with Gasteiger partial charge in [-0.25, -0.2) is 0 Å². The van der Waals surface area contributed by atoms with Crippen molar-refractivity contribution in [3.05, 3.63) is 76.2 Å². The zero-order chi connectivity index (χ0) is 20.2. The molecule has 1 saturated heterocycles. The van der Waals surface area contributed by atoms with Gasteiger partial charge < -0.3 is 4.90 Å². The van der Waals surface area contributed by atoms with E-state index in [-0.39, 0.29) is 18.3 Å². The molecular weight excluding hydrogens is 414 g/mol. The van der Waals surface area contributed by atoms with Crippen molar-refractivity contribution in [2.24, 2.45) is 4.99 Å². The quantitative estimate of drug-likeness (QED) is 0.624. The third-order valence-electron chi connectivity index (χ3n) is 5.40. The lowest BCUT2D eigenvalue weighted by atomic mass is 10.0. The maximum atomic E-state index is 12.4. The van der Waals surface area contributed by atoms with Crippen molar-refractivity contribution >= 4 is 41.3 Å². The lowest BCUT2D eigenvalue weighted by Gasteiger charge is -2.35. The highest BCUT2D eigenvalue weighted by Gasteiger charge is 2.28. The number of hydrogen-bond acceptors (Lipinski definition) is 4. The van der Waals surface area contributed by atoms with Crippen molar-refractivity contribution in [1.82, 2.24) is 9.80 Å². The molecule has 2 aliphatic heterocycles. The molecule has 30 heavy (non-hydrogen) atoms. The number of thioether (sulfide) groups is 1. The predicted molar refractivity (Wildman–Crippen MR) is 129 cm³/mol. The fraction of sp³-hybridized carbons (Fsp3) is 0.333. The first kappa shape index (κ1) is 22.6. The fourth-order valence-corrected chi connectivity index (χ4v) is 4.57. The minimum atomic E-state index is -0.121. The normalized spacial score (nSPS) is 18.6. The first-order valence-electron chi connectivity index (χ1n) is 10.2. The first-order chi connectivity index (χ1) is 14.1. The number of hydrogen-bond donors (Lipinski definition) is 0. The second kappa shape index (κ2) is 10.3. The van der Waals surface area contributed by atoms with Gasteiger partial charge >= 0.3 is 0 Å². The summed E-state index contributed by atoms with van der Waals surface area (Å²) in [5.74, 6) is 0.388. The number of carbonyl (C=O) groups is 1. The van der Waals surface area contributed by atoms with Crippen LogP contribution in [0.4, 0.5) is 0 Å². The predicted octanol–water partition coefficient (Wildman–Crippen LogP) is 5.02. The number of aliphatic imine (C=N–C) groups is 1. The molecule has 0 N–H and O–H groups in total. The van der Waals surface area contributed by atoms with Gasteiger partial charge in [-0.2, -0.15) is 4.99 Å². The van der Waals surface area contributed by atoms with E-state index in [0.717, 1.165) is 43.5 Å². The van der Waals surface area contributed by atoms with Crippen molar-refractivity contribution in [2.75, 3.05) is 26.2 Å². The molecule has 158 valence electrons. The number of benzene rings is 2. The molecule has 0 unspecified atom stereocenters. The Morgan fingerprint density at radius 1 is 1.00 bits per heavy atom.